The zero-order valence-electron chi connectivity index (χ0n) is 12.0. The van der Waals surface area contributed by atoms with Crippen LogP contribution in [-0.4, -0.2) is 28.5 Å². The van der Waals surface area contributed by atoms with E-state index < -0.39 is 16.4 Å². The summed E-state index contributed by atoms with van der Waals surface area (Å²) in [6.07, 6.45) is 2.20. The fourth-order valence-electron chi connectivity index (χ4n) is 1.94. The van der Waals surface area contributed by atoms with Crippen molar-refractivity contribution in [3.05, 3.63) is 27.9 Å². The highest BCUT2D eigenvalue weighted by molar-refractivity contribution is 5.84. The molecule has 1 N–H and O–H groups in total. The van der Waals surface area contributed by atoms with Crippen molar-refractivity contribution in [2.24, 2.45) is 0 Å². The molecule has 1 atom stereocenters. The number of pyridine rings is 1. The predicted molar refractivity (Wildman–Crippen MR) is 74.6 cm³/mol. The first-order valence-corrected chi connectivity index (χ1v) is 6.29. The lowest BCUT2D eigenvalue weighted by atomic mass is 9.96. The highest BCUT2D eigenvalue weighted by atomic mass is 16.6. The molecule has 0 aliphatic rings. The highest BCUT2D eigenvalue weighted by Gasteiger charge is 2.34. The van der Waals surface area contributed by atoms with E-state index in [1.165, 1.54) is 7.11 Å². The molecule has 1 rings (SSSR count). The molecule has 0 saturated heterocycles. The molecule has 0 bridgehead atoms. The Morgan fingerprint density at radius 3 is 2.81 bits per heavy atom. The van der Waals surface area contributed by atoms with Gasteiger partial charge in [-0.25, -0.2) is 9.78 Å². The van der Waals surface area contributed by atoms with Crippen molar-refractivity contribution in [1.29, 1.82) is 5.26 Å². The van der Waals surface area contributed by atoms with Gasteiger partial charge in [-0.2, -0.15) is 5.26 Å². The van der Waals surface area contributed by atoms with Gasteiger partial charge in [-0.05, 0) is 13.3 Å². The van der Waals surface area contributed by atoms with Crippen LogP contribution in [0.2, 0.25) is 0 Å². The van der Waals surface area contributed by atoms with E-state index in [1.54, 1.807) is 6.92 Å². The largest absolute Gasteiger partial charge is 0.467 e. The standard InChI is InChI=1S/C13H16N4O4/c1-4-5-13(2,12(18)21-3)16-11-9(7-14)6-10(8-15-11)17(19)20/h6,8H,4-5H2,1-3H3,(H,15,16). The van der Waals surface area contributed by atoms with Crippen molar-refractivity contribution >= 4 is 17.5 Å². The number of hydrogen-bond acceptors (Lipinski definition) is 7. The third-order valence-electron chi connectivity index (χ3n) is 2.98. The van der Waals surface area contributed by atoms with Gasteiger partial charge in [0.1, 0.15) is 29.2 Å². The summed E-state index contributed by atoms with van der Waals surface area (Å²) in [5, 5.41) is 22.6. The summed E-state index contributed by atoms with van der Waals surface area (Å²) in [5.41, 5.74) is -1.35. The van der Waals surface area contributed by atoms with E-state index in [0.717, 1.165) is 12.3 Å². The number of aromatic nitrogens is 1. The molecule has 0 aromatic carbocycles. The van der Waals surface area contributed by atoms with Gasteiger partial charge in [-0.3, -0.25) is 10.1 Å². The normalized spacial score (nSPS) is 12.9. The average Bonchev–Trinajstić information content (AvgIpc) is 2.46. The number of carbonyl (C=O) groups excluding carboxylic acids is 1. The third-order valence-corrected chi connectivity index (χ3v) is 2.98. The number of carbonyl (C=O) groups is 1. The second-order valence-electron chi connectivity index (χ2n) is 4.66. The monoisotopic (exact) mass is 292 g/mol. The van der Waals surface area contributed by atoms with Crippen LogP contribution in [0.15, 0.2) is 12.3 Å². The molecule has 0 radical (unpaired) electrons. The minimum absolute atomic E-state index is 0.00423. The second kappa shape index (κ2) is 6.65. The Balaban J connectivity index is 3.18. The number of rotatable bonds is 6. The number of ether oxygens (including phenoxy) is 1. The number of nitriles is 1. The molecule has 0 aliphatic carbocycles. The van der Waals surface area contributed by atoms with Gasteiger partial charge in [0.2, 0.25) is 0 Å². The van der Waals surface area contributed by atoms with E-state index in [0.29, 0.717) is 12.8 Å². The molecular weight excluding hydrogens is 276 g/mol. The van der Waals surface area contributed by atoms with Crippen LogP contribution < -0.4 is 5.32 Å². The lowest BCUT2D eigenvalue weighted by molar-refractivity contribution is -0.385. The number of hydrogen-bond donors (Lipinski definition) is 1. The Kier molecular flexibility index (Phi) is 5.18. The Morgan fingerprint density at radius 2 is 2.33 bits per heavy atom. The zero-order chi connectivity index (χ0) is 16.0. The number of methoxy groups -OCH3 is 1. The van der Waals surface area contributed by atoms with Crippen molar-refractivity contribution in [2.75, 3.05) is 12.4 Å². The van der Waals surface area contributed by atoms with E-state index in [4.69, 9.17) is 10.00 Å². The highest BCUT2D eigenvalue weighted by Crippen LogP contribution is 2.25. The van der Waals surface area contributed by atoms with Crippen LogP contribution in [0.5, 0.6) is 0 Å². The van der Waals surface area contributed by atoms with Crippen LogP contribution in [0.1, 0.15) is 32.3 Å². The van der Waals surface area contributed by atoms with Crippen molar-refractivity contribution in [1.82, 2.24) is 4.98 Å². The van der Waals surface area contributed by atoms with E-state index in [-0.39, 0.29) is 17.1 Å². The second-order valence-corrected chi connectivity index (χ2v) is 4.66. The Bertz CT molecular complexity index is 596. The van der Waals surface area contributed by atoms with Crippen LogP contribution in [-0.2, 0) is 9.53 Å². The maximum Gasteiger partial charge on any atom is 0.331 e. The number of esters is 1. The average molecular weight is 292 g/mol. The van der Waals surface area contributed by atoms with Gasteiger partial charge in [0.05, 0.1) is 12.0 Å². The molecule has 1 aromatic heterocycles. The maximum absolute atomic E-state index is 11.9. The van der Waals surface area contributed by atoms with E-state index >= 15 is 0 Å². The molecule has 1 heterocycles. The molecule has 0 amide bonds. The van der Waals surface area contributed by atoms with Gasteiger partial charge in [-0.15, -0.1) is 0 Å². The van der Waals surface area contributed by atoms with E-state index in [9.17, 15) is 14.9 Å². The van der Waals surface area contributed by atoms with Crippen molar-refractivity contribution < 1.29 is 14.5 Å². The Hall–Kier alpha value is -2.69. The van der Waals surface area contributed by atoms with Crippen LogP contribution in [0.4, 0.5) is 11.5 Å². The number of nitrogens with zero attached hydrogens (tertiary/aromatic N) is 3. The van der Waals surface area contributed by atoms with Crippen molar-refractivity contribution in [3.8, 4) is 6.07 Å². The van der Waals surface area contributed by atoms with Crippen LogP contribution in [0, 0.1) is 21.4 Å². The first-order chi connectivity index (χ1) is 9.87. The predicted octanol–water partition coefficient (Wildman–Crippen LogP) is 2.01. The van der Waals surface area contributed by atoms with Crippen molar-refractivity contribution in [2.45, 2.75) is 32.2 Å². The third kappa shape index (κ3) is 3.66. The molecule has 1 aromatic rings. The number of anilines is 1. The zero-order valence-corrected chi connectivity index (χ0v) is 12.0. The lowest BCUT2D eigenvalue weighted by Crippen LogP contribution is -2.44. The SMILES string of the molecule is CCCC(C)(Nc1ncc([N+](=O)[O-])cc1C#N)C(=O)OC. The van der Waals surface area contributed by atoms with Gasteiger partial charge < -0.3 is 10.1 Å². The van der Waals surface area contributed by atoms with Gasteiger partial charge >= 0.3 is 5.97 Å². The first-order valence-electron chi connectivity index (χ1n) is 6.29. The lowest BCUT2D eigenvalue weighted by Gasteiger charge is -2.28. The fourth-order valence-corrected chi connectivity index (χ4v) is 1.94. The minimum Gasteiger partial charge on any atom is -0.467 e. The molecule has 21 heavy (non-hydrogen) atoms. The molecule has 0 saturated carbocycles. The van der Waals surface area contributed by atoms with E-state index in [2.05, 4.69) is 10.3 Å². The van der Waals surface area contributed by atoms with Gasteiger partial charge in [0.25, 0.3) is 5.69 Å². The van der Waals surface area contributed by atoms with Crippen LogP contribution in [0.25, 0.3) is 0 Å². The summed E-state index contributed by atoms with van der Waals surface area (Å²) < 4.78 is 4.76. The summed E-state index contributed by atoms with van der Waals surface area (Å²) in [7, 11) is 1.27. The molecule has 0 fully saturated rings. The van der Waals surface area contributed by atoms with Crippen LogP contribution >= 0.6 is 0 Å². The quantitative estimate of drug-likeness (QED) is 0.484. The summed E-state index contributed by atoms with van der Waals surface area (Å²) in [5.74, 6) is -0.377. The molecule has 0 aliphatic heterocycles. The maximum atomic E-state index is 11.9. The number of nitro groups is 1. The molecule has 8 nitrogen and oxygen atoms in total. The van der Waals surface area contributed by atoms with Gasteiger partial charge in [0.15, 0.2) is 0 Å². The molecular formula is C13H16N4O4. The summed E-state index contributed by atoms with van der Waals surface area (Å²) in [4.78, 5) is 25.8. The smallest absolute Gasteiger partial charge is 0.331 e. The van der Waals surface area contributed by atoms with Crippen LogP contribution in [0.3, 0.4) is 0 Å². The molecule has 112 valence electrons. The first kappa shape index (κ1) is 16.4. The molecule has 8 heteroatoms. The van der Waals surface area contributed by atoms with Crippen molar-refractivity contribution in [3.63, 3.8) is 0 Å². The minimum atomic E-state index is -1.06. The molecule has 1 unspecified atom stereocenters. The van der Waals surface area contributed by atoms with E-state index in [1.807, 2.05) is 13.0 Å². The van der Waals surface area contributed by atoms with Gasteiger partial charge in [-0.1, -0.05) is 13.3 Å². The Morgan fingerprint density at radius 1 is 1.67 bits per heavy atom. The fraction of sp³-hybridized carbons (Fsp3) is 0.462. The topological polar surface area (TPSA) is 118 Å². The summed E-state index contributed by atoms with van der Waals surface area (Å²) in [6, 6.07) is 2.94. The Labute approximate surface area is 121 Å². The molecule has 0 spiro atoms. The summed E-state index contributed by atoms with van der Waals surface area (Å²) in [6.45, 7) is 3.53. The van der Waals surface area contributed by atoms with Gasteiger partial charge in [0, 0.05) is 6.07 Å². The summed E-state index contributed by atoms with van der Waals surface area (Å²) >= 11 is 0. The number of nitrogens with one attached hydrogen (secondary N) is 1.